The second-order valence-electron chi connectivity index (χ2n) is 9.99. The Labute approximate surface area is 206 Å². The maximum absolute atomic E-state index is 13.9. The van der Waals surface area contributed by atoms with Gasteiger partial charge in [0.05, 0.1) is 11.3 Å². The molecule has 0 spiro atoms. The quantitative estimate of drug-likeness (QED) is 0.493. The molecule has 6 nitrogen and oxygen atoms in total. The van der Waals surface area contributed by atoms with Crippen LogP contribution in [0.25, 0.3) is 11.3 Å². The lowest BCUT2D eigenvalue weighted by Crippen LogP contribution is -2.32. The summed E-state index contributed by atoms with van der Waals surface area (Å²) in [5.41, 5.74) is -0.557. The molecule has 3 fully saturated rings. The number of hydrogen-bond acceptors (Lipinski definition) is 6. The van der Waals surface area contributed by atoms with Crippen LogP contribution in [0.2, 0.25) is 0 Å². The van der Waals surface area contributed by atoms with E-state index in [2.05, 4.69) is 25.2 Å². The molecule has 1 aromatic carbocycles. The molecule has 2 aromatic rings. The van der Waals surface area contributed by atoms with Crippen molar-refractivity contribution in [2.45, 2.75) is 44.5 Å². The first-order valence-electron chi connectivity index (χ1n) is 12.3. The molecule has 1 N–H and O–H groups in total. The lowest BCUT2D eigenvalue weighted by molar-refractivity contribution is -0.274. The first-order chi connectivity index (χ1) is 17.2. The van der Waals surface area contributed by atoms with Crippen LogP contribution in [0.5, 0.6) is 5.75 Å². The van der Waals surface area contributed by atoms with Crippen LogP contribution in [0.15, 0.2) is 30.3 Å². The average Bonchev–Trinajstić information content (AvgIpc) is 3.37. The minimum atomic E-state index is -4.92. The Kier molecular flexibility index (Phi) is 7.30. The van der Waals surface area contributed by atoms with Gasteiger partial charge in [-0.2, -0.15) is 0 Å². The molecule has 2 aliphatic heterocycles. The van der Waals surface area contributed by atoms with Crippen molar-refractivity contribution < 1.29 is 31.4 Å². The van der Waals surface area contributed by atoms with Crippen molar-refractivity contribution in [3.63, 3.8) is 0 Å². The molecular formula is C25H29F5N4O2. The van der Waals surface area contributed by atoms with Gasteiger partial charge in [0.15, 0.2) is 5.82 Å². The van der Waals surface area contributed by atoms with E-state index in [1.165, 1.54) is 18.2 Å². The number of alkyl halides is 5. The zero-order valence-corrected chi connectivity index (χ0v) is 19.7. The number of hydrogen-bond donors (Lipinski definition) is 1. The minimum Gasteiger partial charge on any atom is -0.405 e. The second-order valence-corrected chi connectivity index (χ2v) is 9.99. The molecule has 1 aromatic heterocycles. The average molecular weight is 513 g/mol. The number of para-hydroxylation sites is 1. The Bertz CT molecular complexity index is 1030. The SMILES string of the molecule is FC(F)c1cc(-c2ccccc2OC(F)(F)F)nnc1N[C@H]1C[C@@H]2CN(CC3CCOCC3)C[C@@H]2C1. The Hall–Kier alpha value is -2.53. The first kappa shape index (κ1) is 25.1. The van der Waals surface area contributed by atoms with Crippen molar-refractivity contribution in [2.24, 2.45) is 17.8 Å². The van der Waals surface area contributed by atoms with Crippen LogP contribution in [0.4, 0.5) is 27.8 Å². The topological polar surface area (TPSA) is 59.5 Å². The normalized spacial score (nSPS) is 25.3. The van der Waals surface area contributed by atoms with Gasteiger partial charge < -0.3 is 19.7 Å². The molecule has 0 unspecified atom stereocenters. The van der Waals surface area contributed by atoms with E-state index in [4.69, 9.17) is 4.74 Å². The van der Waals surface area contributed by atoms with E-state index in [9.17, 15) is 22.0 Å². The van der Waals surface area contributed by atoms with E-state index in [-0.39, 0.29) is 28.7 Å². The maximum Gasteiger partial charge on any atom is 0.573 e. The van der Waals surface area contributed by atoms with Gasteiger partial charge in [0, 0.05) is 44.5 Å². The molecule has 0 amide bonds. The smallest absolute Gasteiger partial charge is 0.405 e. The number of fused-ring (bicyclic) bond motifs is 1. The number of nitrogens with one attached hydrogen (secondary N) is 1. The molecule has 3 heterocycles. The predicted octanol–water partition coefficient (Wildman–Crippen LogP) is 5.53. The lowest BCUT2D eigenvalue weighted by Gasteiger charge is -2.28. The highest BCUT2D eigenvalue weighted by atomic mass is 19.4. The Balaban J connectivity index is 1.25. The summed E-state index contributed by atoms with van der Waals surface area (Å²) < 4.78 is 75.7. The molecule has 3 aliphatic rings. The third kappa shape index (κ3) is 5.88. The van der Waals surface area contributed by atoms with Gasteiger partial charge in [-0.25, -0.2) is 8.78 Å². The summed E-state index contributed by atoms with van der Waals surface area (Å²) >= 11 is 0. The van der Waals surface area contributed by atoms with Gasteiger partial charge in [0.25, 0.3) is 6.43 Å². The van der Waals surface area contributed by atoms with Crippen molar-refractivity contribution in [3.8, 4) is 17.0 Å². The van der Waals surface area contributed by atoms with Gasteiger partial charge in [-0.15, -0.1) is 23.4 Å². The van der Waals surface area contributed by atoms with Crippen LogP contribution in [0.1, 0.15) is 37.7 Å². The molecule has 196 valence electrons. The van der Waals surface area contributed by atoms with Crippen LogP contribution in [-0.2, 0) is 4.74 Å². The van der Waals surface area contributed by atoms with Crippen molar-refractivity contribution in [2.75, 3.05) is 38.2 Å². The number of halogens is 5. The Morgan fingerprint density at radius 2 is 1.75 bits per heavy atom. The standard InChI is InChI=1S/C25H29F5N4O2/c26-23(27)20-11-21(19-3-1-2-4-22(19)36-25(28,29)30)32-33-24(20)31-18-9-16-13-34(14-17(16)10-18)12-15-5-7-35-8-6-15/h1-4,11,15-18,23H,5-10,12-14H2,(H,31,33)/t16-,17+,18+. The highest BCUT2D eigenvalue weighted by Crippen LogP contribution is 2.41. The van der Waals surface area contributed by atoms with Crippen molar-refractivity contribution >= 4 is 5.82 Å². The largest absolute Gasteiger partial charge is 0.573 e. The summed E-state index contributed by atoms with van der Waals surface area (Å²) in [4.78, 5) is 2.53. The number of anilines is 1. The predicted molar refractivity (Wildman–Crippen MR) is 123 cm³/mol. The van der Waals surface area contributed by atoms with Gasteiger partial charge in [-0.05, 0) is 61.6 Å². The van der Waals surface area contributed by atoms with E-state index < -0.39 is 18.5 Å². The van der Waals surface area contributed by atoms with E-state index in [1.807, 2.05) is 0 Å². The first-order valence-corrected chi connectivity index (χ1v) is 12.3. The molecule has 2 saturated heterocycles. The molecule has 1 aliphatic carbocycles. The summed E-state index contributed by atoms with van der Waals surface area (Å²) in [7, 11) is 0. The number of aromatic nitrogens is 2. The fourth-order valence-electron chi connectivity index (χ4n) is 5.86. The second kappa shape index (κ2) is 10.5. The van der Waals surface area contributed by atoms with Crippen LogP contribution in [-0.4, -0.2) is 60.3 Å². The number of benzene rings is 1. The highest BCUT2D eigenvalue weighted by Gasteiger charge is 2.41. The molecule has 5 rings (SSSR count). The van der Waals surface area contributed by atoms with E-state index in [0.29, 0.717) is 17.8 Å². The van der Waals surface area contributed by atoms with E-state index in [0.717, 1.165) is 70.7 Å². The molecule has 3 atom stereocenters. The maximum atomic E-state index is 13.9. The fourth-order valence-corrected chi connectivity index (χ4v) is 5.86. The third-order valence-electron chi connectivity index (χ3n) is 7.47. The van der Waals surface area contributed by atoms with Crippen molar-refractivity contribution in [1.82, 2.24) is 15.1 Å². The molecule has 11 heteroatoms. The summed E-state index contributed by atoms with van der Waals surface area (Å²) in [6, 6.07) is 6.38. The van der Waals surface area contributed by atoms with Crippen molar-refractivity contribution in [3.05, 3.63) is 35.9 Å². The van der Waals surface area contributed by atoms with Crippen LogP contribution < -0.4 is 10.1 Å². The van der Waals surface area contributed by atoms with Crippen molar-refractivity contribution in [1.29, 1.82) is 0 Å². The molecule has 1 saturated carbocycles. The van der Waals surface area contributed by atoms with Gasteiger partial charge in [0.1, 0.15) is 5.75 Å². The molecular weight excluding hydrogens is 483 g/mol. The number of ether oxygens (including phenoxy) is 2. The number of likely N-dealkylation sites (tertiary alicyclic amines) is 1. The monoisotopic (exact) mass is 512 g/mol. The van der Waals surface area contributed by atoms with E-state index in [1.54, 1.807) is 0 Å². The Morgan fingerprint density at radius 1 is 1.06 bits per heavy atom. The third-order valence-corrected chi connectivity index (χ3v) is 7.47. The zero-order chi connectivity index (χ0) is 25.3. The summed E-state index contributed by atoms with van der Waals surface area (Å²) in [6.07, 6.45) is -3.85. The van der Waals surface area contributed by atoms with Gasteiger partial charge in [-0.1, -0.05) is 12.1 Å². The summed E-state index contributed by atoms with van der Waals surface area (Å²) in [5.74, 6) is 1.16. The zero-order valence-electron chi connectivity index (χ0n) is 19.7. The molecule has 0 bridgehead atoms. The van der Waals surface area contributed by atoms with Gasteiger partial charge >= 0.3 is 6.36 Å². The highest BCUT2D eigenvalue weighted by molar-refractivity contribution is 5.68. The van der Waals surface area contributed by atoms with Gasteiger partial charge in [-0.3, -0.25) is 0 Å². The number of rotatable bonds is 7. The van der Waals surface area contributed by atoms with Gasteiger partial charge in [0.2, 0.25) is 0 Å². The van der Waals surface area contributed by atoms with Crippen LogP contribution in [0.3, 0.4) is 0 Å². The summed E-state index contributed by atoms with van der Waals surface area (Å²) in [6.45, 7) is 4.80. The van der Waals surface area contributed by atoms with Crippen LogP contribution in [0, 0.1) is 17.8 Å². The molecule has 0 radical (unpaired) electrons. The lowest BCUT2D eigenvalue weighted by atomic mass is 10.00. The molecule has 36 heavy (non-hydrogen) atoms. The minimum absolute atomic E-state index is 0.00345. The van der Waals surface area contributed by atoms with E-state index >= 15 is 0 Å². The fraction of sp³-hybridized carbons (Fsp3) is 0.600. The number of nitrogens with zero attached hydrogens (tertiary/aromatic N) is 3. The summed E-state index contributed by atoms with van der Waals surface area (Å²) in [5, 5.41) is 11.1. The Morgan fingerprint density at radius 3 is 2.42 bits per heavy atom. The van der Waals surface area contributed by atoms with Crippen LogP contribution >= 0.6 is 0 Å².